The van der Waals surface area contributed by atoms with Crippen molar-refractivity contribution in [2.75, 3.05) is 11.9 Å². The fourth-order valence-corrected chi connectivity index (χ4v) is 5.54. The molecule has 4 aromatic rings. The summed E-state index contributed by atoms with van der Waals surface area (Å²) in [7, 11) is 0. The molecule has 0 aliphatic carbocycles. The molecule has 2 heterocycles. The molecule has 1 aliphatic heterocycles. The van der Waals surface area contributed by atoms with E-state index in [0.717, 1.165) is 45.9 Å². The van der Waals surface area contributed by atoms with Gasteiger partial charge in [0.05, 0.1) is 12.2 Å². The molecule has 1 saturated heterocycles. The topological polar surface area (TPSA) is 116 Å². The van der Waals surface area contributed by atoms with E-state index in [0.29, 0.717) is 24.2 Å². The largest absolute Gasteiger partial charge is 0.444 e. The molecule has 0 spiro atoms. The number of amides is 3. The average molecular weight is 582 g/mol. The fraction of sp³-hybridized carbons (Fsp3) is 0.353. The first-order valence-corrected chi connectivity index (χ1v) is 14.7. The molecular formula is C34H39N5O4. The molecule has 224 valence electrons. The van der Waals surface area contributed by atoms with Crippen LogP contribution in [0.25, 0.3) is 21.9 Å². The lowest BCUT2D eigenvalue weighted by atomic mass is 9.94. The van der Waals surface area contributed by atoms with Gasteiger partial charge in [-0.2, -0.15) is 5.10 Å². The molecule has 3 amide bonds. The third-order valence-corrected chi connectivity index (χ3v) is 7.72. The van der Waals surface area contributed by atoms with Gasteiger partial charge in [0, 0.05) is 29.6 Å². The summed E-state index contributed by atoms with van der Waals surface area (Å²) in [6.45, 7) is 9.72. The second-order valence-electron chi connectivity index (χ2n) is 12.2. The third kappa shape index (κ3) is 6.88. The van der Waals surface area contributed by atoms with Crippen LogP contribution in [0.1, 0.15) is 74.5 Å². The molecule has 9 nitrogen and oxygen atoms in total. The lowest BCUT2D eigenvalue weighted by molar-refractivity contribution is -0.122. The highest BCUT2D eigenvalue weighted by Crippen LogP contribution is 2.31. The number of hydrogen-bond donors (Lipinski definition) is 3. The molecule has 0 radical (unpaired) electrons. The molecule has 1 aromatic heterocycles. The summed E-state index contributed by atoms with van der Waals surface area (Å²) in [6.07, 6.45) is 5.34. The number of H-pyrrole nitrogens is 1. The Labute approximate surface area is 252 Å². The highest BCUT2D eigenvalue weighted by molar-refractivity contribution is 6.00. The Balaban J connectivity index is 1.34. The highest BCUT2D eigenvalue weighted by atomic mass is 16.6. The molecule has 5 rings (SSSR count). The summed E-state index contributed by atoms with van der Waals surface area (Å²) in [5.74, 6) is -0.538. The lowest BCUT2D eigenvalue weighted by Gasteiger charge is -2.35. The van der Waals surface area contributed by atoms with Gasteiger partial charge in [-0.3, -0.25) is 19.6 Å². The van der Waals surface area contributed by atoms with Crippen LogP contribution in [0.15, 0.2) is 67.0 Å². The Morgan fingerprint density at radius 3 is 2.58 bits per heavy atom. The van der Waals surface area contributed by atoms with Crippen LogP contribution in [0.5, 0.6) is 0 Å². The molecule has 0 bridgehead atoms. The summed E-state index contributed by atoms with van der Waals surface area (Å²) in [5, 5.41) is 15.2. The van der Waals surface area contributed by atoms with E-state index in [4.69, 9.17) is 4.74 Å². The minimum absolute atomic E-state index is 0.244. The number of aryl methyl sites for hydroxylation is 1. The van der Waals surface area contributed by atoms with Gasteiger partial charge in [0.1, 0.15) is 11.6 Å². The van der Waals surface area contributed by atoms with Crippen molar-refractivity contribution < 1.29 is 19.1 Å². The maximum Gasteiger partial charge on any atom is 0.410 e. The van der Waals surface area contributed by atoms with Crippen molar-refractivity contribution in [1.29, 1.82) is 0 Å². The predicted molar refractivity (Wildman–Crippen MR) is 168 cm³/mol. The van der Waals surface area contributed by atoms with Gasteiger partial charge < -0.3 is 15.4 Å². The van der Waals surface area contributed by atoms with Gasteiger partial charge in [-0.15, -0.1) is 0 Å². The Morgan fingerprint density at radius 2 is 1.84 bits per heavy atom. The number of likely N-dealkylation sites (tertiary alicyclic amines) is 1. The van der Waals surface area contributed by atoms with Gasteiger partial charge in [-0.05, 0) is 106 Å². The molecule has 0 saturated carbocycles. The normalized spacial score (nSPS) is 16.0. The molecule has 3 aromatic carbocycles. The summed E-state index contributed by atoms with van der Waals surface area (Å²) >= 11 is 0. The quantitative estimate of drug-likeness (QED) is 0.233. The number of benzene rings is 3. The number of aromatic amines is 1. The van der Waals surface area contributed by atoms with Gasteiger partial charge in [0.25, 0.3) is 5.91 Å². The molecule has 3 N–H and O–H groups in total. The Bertz CT molecular complexity index is 1640. The number of hydrogen-bond acceptors (Lipinski definition) is 5. The van der Waals surface area contributed by atoms with E-state index in [9.17, 15) is 14.4 Å². The van der Waals surface area contributed by atoms with E-state index in [2.05, 4.69) is 45.1 Å². The minimum atomic E-state index is -0.654. The van der Waals surface area contributed by atoms with Crippen LogP contribution in [-0.2, 0) is 9.53 Å². The summed E-state index contributed by atoms with van der Waals surface area (Å²) in [4.78, 5) is 41.3. The molecule has 43 heavy (non-hydrogen) atoms. The third-order valence-electron chi connectivity index (χ3n) is 7.72. The number of piperidine rings is 1. The van der Waals surface area contributed by atoms with E-state index < -0.39 is 17.7 Å². The molecule has 9 heteroatoms. The van der Waals surface area contributed by atoms with Crippen molar-refractivity contribution in [3.05, 3.63) is 83.7 Å². The van der Waals surface area contributed by atoms with Gasteiger partial charge in [-0.1, -0.05) is 30.3 Å². The van der Waals surface area contributed by atoms with Crippen LogP contribution in [0.2, 0.25) is 0 Å². The summed E-state index contributed by atoms with van der Waals surface area (Å²) in [6, 6.07) is 16.6. The Morgan fingerprint density at radius 1 is 1.05 bits per heavy atom. The lowest BCUT2D eigenvalue weighted by Crippen LogP contribution is -2.51. The van der Waals surface area contributed by atoms with E-state index in [1.807, 2.05) is 59.0 Å². The first-order valence-electron chi connectivity index (χ1n) is 14.7. The first-order chi connectivity index (χ1) is 20.5. The number of fused-ring (bicyclic) bond motifs is 1. The Kier molecular flexibility index (Phi) is 8.52. The second-order valence-corrected chi connectivity index (χ2v) is 12.2. The number of rotatable bonds is 6. The number of carbonyl (C=O) groups is 3. The average Bonchev–Trinajstić information content (AvgIpc) is 3.52. The maximum atomic E-state index is 13.6. The van der Waals surface area contributed by atoms with Crippen LogP contribution in [0.3, 0.4) is 0 Å². The van der Waals surface area contributed by atoms with Crippen molar-refractivity contribution in [2.45, 2.75) is 71.6 Å². The van der Waals surface area contributed by atoms with Crippen molar-refractivity contribution in [1.82, 2.24) is 20.4 Å². The smallest absolute Gasteiger partial charge is 0.410 e. The molecular weight excluding hydrogens is 542 g/mol. The molecule has 1 unspecified atom stereocenters. The number of aromatic nitrogens is 2. The Hall–Kier alpha value is -4.66. The van der Waals surface area contributed by atoms with Gasteiger partial charge >= 0.3 is 6.09 Å². The number of ether oxygens (including phenoxy) is 1. The maximum absolute atomic E-state index is 13.6. The van der Waals surface area contributed by atoms with Gasteiger partial charge in [0.2, 0.25) is 5.91 Å². The summed E-state index contributed by atoms with van der Waals surface area (Å²) in [5.41, 5.74) is 4.06. The highest BCUT2D eigenvalue weighted by Gasteiger charge is 2.35. The van der Waals surface area contributed by atoms with Crippen molar-refractivity contribution in [3.8, 4) is 11.1 Å². The first kappa shape index (κ1) is 29.8. The van der Waals surface area contributed by atoms with E-state index in [1.54, 1.807) is 18.3 Å². The van der Waals surface area contributed by atoms with Crippen LogP contribution in [-0.4, -0.2) is 51.2 Å². The van der Waals surface area contributed by atoms with Gasteiger partial charge in [0.15, 0.2) is 0 Å². The zero-order chi connectivity index (χ0) is 30.7. The number of carbonyl (C=O) groups excluding carboxylic acids is 3. The standard InChI is InChI=1S/C34H39N5O4/c1-21-13-14-26(38-32(41)30-12-8-9-15-39(30)33(42)43-34(3,4)5)18-28(21)31(40)37-22(2)29-17-24(25-19-35-36-20-25)16-23-10-6-7-11-27(23)29/h6-7,10-11,13-14,16-20,22,30H,8-9,12,15H2,1-5H3,(H,35,36)(H,37,40)(H,38,41)/t22?,30-/m1/s1. The van der Waals surface area contributed by atoms with Crippen molar-refractivity contribution >= 4 is 34.4 Å². The van der Waals surface area contributed by atoms with Crippen LogP contribution >= 0.6 is 0 Å². The molecule has 2 atom stereocenters. The SMILES string of the molecule is Cc1ccc(NC(=O)[C@H]2CCCCN2C(=O)OC(C)(C)C)cc1C(=O)NC(C)c1cc(-c2cn[nH]c2)cc2ccccc12. The predicted octanol–water partition coefficient (Wildman–Crippen LogP) is 6.76. The van der Waals surface area contributed by atoms with Crippen LogP contribution in [0.4, 0.5) is 10.5 Å². The van der Waals surface area contributed by atoms with Gasteiger partial charge in [-0.25, -0.2) is 4.79 Å². The number of anilines is 1. The van der Waals surface area contributed by atoms with Crippen molar-refractivity contribution in [3.63, 3.8) is 0 Å². The number of nitrogens with one attached hydrogen (secondary N) is 3. The molecule has 1 fully saturated rings. The second kappa shape index (κ2) is 12.3. The number of nitrogens with zero attached hydrogens (tertiary/aromatic N) is 2. The van der Waals surface area contributed by atoms with E-state index >= 15 is 0 Å². The molecule has 1 aliphatic rings. The zero-order valence-electron chi connectivity index (χ0n) is 25.4. The van der Waals surface area contributed by atoms with Crippen LogP contribution < -0.4 is 10.6 Å². The monoisotopic (exact) mass is 581 g/mol. The van der Waals surface area contributed by atoms with Crippen molar-refractivity contribution in [2.24, 2.45) is 0 Å². The summed E-state index contributed by atoms with van der Waals surface area (Å²) < 4.78 is 5.55. The van der Waals surface area contributed by atoms with E-state index in [1.165, 1.54) is 4.90 Å². The zero-order valence-corrected chi connectivity index (χ0v) is 25.4. The van der Waals surface area contributed by atoms with Crippen LogP contribution in [0, 0.1) is 6.92 Å². The van der Waals surface area contributed by atoms with E-state index in [-0.39, 0.29) is 17.9 Å². The minimum Gasteiger partial charge on any atom is -0.444 e. The fourth-order valence-electron chi connectivity index (χ4n) is 5.54.